The Morgan fingerprint density at radius 2 is 1.64 bits per heavy atom. The molecule has 1 N–H and O–H groups in total. The van der Waals surface area contributed by atoms with E-state index >= 15 is 0 Å². The van der Waals surface area contributed by atoms with Crippen molar-refractivity contribution in [1.82, 2.24) is 9.21 Å². The number of halogens is 2. The minimum absolute atomic E-state index is 0.0747. The maximum absolute atomic E-state index is 13.9. The third-order valence-corrected chi connectivity index (χ3v) is 11.3. The number of carbonyl (C=O) groups excluding carboxylic acids is 1. The molecule has 3 heterocycles. The molecule has 2 bridgehead atoms. The summed E-state index contributed by atoms with van der Waals surface area (Å²) in [6.45, 7) is 3.58. The summed E-state index contributed by atoms with van der Waals surface area (Å²) < 4.78 is 43.0. The molecule has 222 valence electrons. The summed E-state index contributed by atoms with van der Waals surface area (Å²) in [6.07, 6.45) is 3.60. The lowest BCUT2D eigenvalue weighted by Crippen LogP contribution is -2.55. The van der Waals surface area contributed by atoms with Crippen LogP contribution in [-0.2, 0) is 16.4 Å². The van der Waals surface area contributed by atoms with Crippen LogP contribution in [0, 0.1) is 5.82 Å². The summed E-state index contributed by atoms with van der Waals surface area (Å²) in [6, 6.07) is 17.0. The molecule has 6 rings (SSSR count). The number of benzene rings is 3. The van der Waals surface area contributed by atoms with Gasteiger partial charge in [-0.3, -0.25) is 4.79 Å². The predicted molar refractivity (Wildman–Crippen MR) is 161 cm³/mol. The molecule has 0 radical (unpaired) electrons. The Morgan fingerprint density at radius 3 is 2.26 bits per heavy atom. The van der Waals surface area contributed by atoms with Crippen LogP contribution < -0.4 is 4.90 Å². The van der Waals surface area contributed by atoms with E-state index in [4.69, 9.17) is 11.6 Å². The Hall–Kier alpha value is -3.14. The molecule has 0 aliphatic carbocycles. The van der Waals surface area contributed by atoms with E-state index in [0.29, 0.717) is 49.8 Å². The SMILES string of the molecule is CCc1cc(S(=O)(=O)N2CCC(c3ccccc3)CC2)cc(N2[C@@H]3CC[C@H]2CN(C(=O)c2ccc(F)cc2Cl)C3)c1O. The van der Waals surface area contributed by atoms with Gasteiger partial charge in [-0.15, -0.1) is 0 Å². The van der Waals surface area contributed by atoms with E-state index in [1.807, 2.05) is 25.1 Å². The number of hydrogen-bond acceptors (Lipinski definition) is 5. The fourth-order valence-corrected chi connectivity index (χ4v) is 8.65. The summed E-state index contributed by atoms with van der Waals surface area (Å²) in [5, 5.41) is 11.4. The van der Waals surface area contributed by atoms with Gasteiger partial charge < -0.3 is 14.9 Å². The van der Waals surface area contributed by atoms with Gasteiger partial charge in [0.25, 0.3) is 5.91 Å². The molecule has 0 unspecified atom stereocenters. The van der Waals surface area contributed by atoms with E-state index in [2.05, 4.69) is 17.0 Å². The Labute approximate surface area is 251 Å². The normalized spacial score (nSPS) is 21.6. The monoisotopic (exact) mass is 611 g/mol. The maximum atomic E-state index is 13.9. The van der Waals surface area contributed by atoms with Crippen LogP contribution in [0.5, 0.6) is 5.75 Å². The minimum Gasteiger partial charge on any atom is -0.505 e. The first-order valence-electron chi connectivity index (χ1n) is 14.6. The highest BCUT2D eigenvalue weighted by Crippen LogP contribution is 2.43. The number of piperidine rings is 1. The fourth-order valence-electron chi connectivity index (χ4n) is 6.86. The molecule has 2 atom stereocenters. The molecule has 42 heavy (non-hydrogen) atoms. The van der Waals surface area contributed by atoms with Gasteiger partial charge >= 0.3 is 0 Å². The largest absolute Gasteiger partial charge is 0.505 e. The van der Waals surface area contributed by atoms with E-state index in [9.17, 15) is 22.7 Å². The predicted octanol–water partition coefficient (Wildman–Crippen LogP) is 5.81. The van der Waals surface area contributed by atoms with E-state index in [-0.39, 0.29) is 39.2 Å². The molecule has 3 fully saturated rings. The molecule has 3 aromatic carbocycles. The number of fused-ring (bicyclic) bond motifs is 2. The first-order valence-corrected chi connectivity index (χ1v) is 16.4. The highest BCUT2D eigenvalue weighted by atomic mass is 35.5. The van der Waals surface area contributed by atoms with Gasteiger partial charge in [-0.05, 0) is 79.5 Å². The average Bonchev–Trinajstić information content (AvgIpc) is 3.25. The molecular weight excluding hydrogens is 577 g/mol. The van der Waals surface area contributed by atoms with Crippen molar-refractivity contribution < 1.29 is 22.7 Å². The second-order valence-electron chi connectivity index (χ2n) is 11.5. The zero-order valence-electron chi connectivity index (χ0n) is 23.5. The van der Waals surface area contributed by atoms with Gasteiger partial charge in [-0.1, -0.05) is 48.9 Å². The first kappa shape index (κ1) is 29.0. The number of aryl methyl sites for hydroxylation is 1. The van der Waals surface area contributed by atoms with E-state index in [0.717, 1.165) is 31.7 Å². The highest BCUT2D eigenvalue weighted by molar-refractivity contribution is 7.89. The van der Waals surface area contributed by atoms with Gasteiger partial charge in [0.05, 0.1) is 21.2 Å². The number of phenols is 1. The Bertz CT molecular complexity index is 1580. The van der Waals surface area contributed by atoms with Crippen molar-refractivity contribution in [3.05, 3.63) is 88.2 Å². The molecule has 0 saturated carbocycles. The smallest absolute Gasteiger partial charge is 0.255 e. The van der Waals surface area contributed by atoms with Crippen molar-refractivity contribution in [3.8, 4) is 5.75 Å². The van der Waals surface area contributed by atoms with Gasteiger partial charge in [-0.25, -0.2) is 12.8 Å². The second kappa shape index (κ2) is 11.5. The fraction of sp³-hybridized carbons (Fsp3) is 0.406. The second-order valence-corrected chi connectivity index (χ2v) is 13.9. The van der Waals surface area contributed by atoms with E-state index in [1.165, 1.54) is 17.7 Å². The first-order chi connectivity index (χ1) is 20.2. The van der Waals surface area contributed by atoms with Crippen LogP contribution in [0.15, 0.2) is 65.6 Å². The molecule has 10 heteroatoms. The van der Waals surface area contributed by atoms with Crippen LogP contribution in [-0.4, -0.2) is 66.9 Å². The van der Waals surface area contributed by atoms with Crippen LogP contribution in [0.4, 0.5) is 10.1 Å². The summed E-state index contributed by atoms with van der Waals surface area (Å²) in [5.41, 5.74) is 2.59. The number of aromatic hydroxyl groups is 1. The molecule has 3 aromatic rings. The molecule has 0 aromatic heterocycles. The number of rotatable bonds is 6. The number of hydrogen-bond donors (Lipinski definition) is 1. The van der Waals surface area contributed by atoms with Gasteiger partial charge in [0, 0.05) is 38.3 Å². The van der Waals surface area contributed by atoms with Crippen LogP contribution in [0.25, 0.3) is 0 Å². The van der Waals surface area contributed by atoms with Crippen molar-refractivity contribution >= 4 is 33.2 Å². The quantitative estimate of drug-likeness (QED) is 0.381. The lowest BCUT2D eigenvalue weighted by atomic mass is 9.90. The number of phenolic OH excluding ortho intramolecular Hbond substituents is 1. The molecule has 3 saturated heterocycles. The zero-order chi connectivity index (χ0) is 29.6. The minimum atomic E-state index is -3.78. The number of carbonyl (C=O) groups is 1. The Kier molecular flexibility index (Phi) is 7.93. The number of piperazine rings is 1. The topological polar surface area (TPSA) is 81.2 Å². The van der Waals surface area contributed by atoms with E-state index < -0.39 is 15.8 Å². The highest BCUT2D eigenvalue weighted by Gasteiger charge is 2.43. The number of amides is 1. The van der Waals surface area contributed by atoms with Crippen LogP contribution >= 0.6 is 11.6 Å². The van der Waals surface area contributed by atoms with Crippen LogP contribution in [0.1, 0.15) is 60.0 Å². The Morgan fingerprint density at radius 1 is 0.976 bits per heavy atom. The summed E-state index contributed by atoms with van der Waals surface area (Å²) >= 11 is 6.18. The third-order valence-electron chi connectivity index (χ3n) is 9.09. The van der Waals surface area contributed by atoms with Crippen molar-refractivity contribution in [2.75, 3.05) is 31.1 Å². The zero-order valence-corrected chi connectivity index (χ0v) is 25.1. The molecule has 3 aliphatic rings. The van der Waals surface area contributed by atoms with Crippen LogP contribution in [0.3, 0.4) is 0 Å². The number of sulfonamides is 1. The van der Waals surface area contributed by atoms with Crippen molar-refractivity contribution in [2.45, 2.75) is 61.9 Å². The van der Waals surface area contributed by atoms with Gasteiger partial charge in [-0.2, -0.15) is 4.31 Å². The number of nitrogens with zero attached hydrogens (tertiary/aromatic N) is 3. The summed E-state index contributed by atoms with van der Waals surface area (Å²) in [5.74, 6) is -0.333. The molecule has 1 amide bonds. The lowest BCUT2D eigenvalue weighted by molar-refractivity contribution is 0.0718. The standard InChI is InChI=1S/C32H35ClFN3O4S/c1-2-21-16-27(42(40,41)36-14-12-23(13-15-36)22-6-4-3-5-7-22)18-30(31(21)38)37-25-9-10-26(37)20-35(19-25)32(39)28-11-8-24(34)17-29(28)33/h3-8,11,16-18,23,25-26,38H,2,9-10,12-15,19-20H2,1H3/t25-,26+. The third kappa shape index (κ3) is 5.27. The Balaban J connectivity index is 1.24. The number of likely N-dealkylation sites (tertiary alicyclic amines) is 1. The average molecular weight is 612 g/mol. The molecule has 3 aliphatic heterocycles. The number of anilines is 1. The summed E-state index contributed by atoms with van der Waals surface area (Å²) in [7, 11) is -3.78. The summed E-state index contributed by atoms with van der Waals surface area (Å²) in [4.78, 5) is 17.3. The molecular formula is C32H35ClFN3O4S. The van der Waals surface area contributed by atoms with Crippen molar-refractivity contribution in [1.29, 1.82) is 0 Å². The van der Waals surface area contributed by atoms with Gasteiger partial charge in [0.2, 0.25) is 10.0 Å². The van der Waals surface area contributed by atoms with Crippen molar-refractivity contribution in [2.24, 2.45) is 0 Å². The van der Waals surface area contributed by atoms with Crippen LogP contribution in [0.2, 0.25) is 5.02 Å². The molecule has 0 spiro atoms. The lowest BCUT2D eigenvalue weighted by Gasteiger charge is -2.43. The van der Waals surface area contributed by atoms with Gasteiger partial charge in [0.1, 0.15) is 11.6 Å². The molecule has 7 nitrogen and oxygen atoms in total. The van der Waals surface area contributed by atoms with E-state index in [1.54, 1.807) is 21.3 Å². The van der Waals surface area contributed by atoms with Crippen molar-refractivity contribution in [3.63, 3.8) is 0 Å². The van der Waals surface area contributed by atoms with Gasteiger partial charge in [0.15, 0.2) is 0 Å². The maximum Gasteiger partial charge on any atom is 0.255 e.